The predicted octanol–water partition coefficient (Wildman–Crippen LogP) is 9.75. The third-order valence-corrected chi connectivity index (χ3v) is 17.8. The molecule has 8 rings (SSSR count). The number of carbonyl (C=O) groups excluding carboxylic acids is 2. The van der Waals surface area contributed by atoms with Crippen molar-refractivity contribution in [3.8, 4) is 0 Å². The molecule has 5 fully saturated rings. The van der Waals surface area contributed by atoms with E-state index in [2.05, 4.69) is 51.1 Å². The smallest absolute Gasteiger partial charge is 0.331 e. The number of fused-ring (bicyclic) bond motifs is 1. The van der Waals surface area contributed by atoms with E-state index in [1.807, 2.05) is 12.2 Å². The Morgan fingerprint density at radius 2 is 1.63 bits per heavy atom. The number of benzene rings is 1. The van der Waals surface area contributed by atoms with Gasteiger partial charge in [0.05, 0.1) is 28.6 Å². The molecule has 1 heterocycles. The zero-order chi connectivity index (χ0) is 40.1. The van der Waals surface area contributed by atoms with Crippen LogP contribution in [0.1, 0.15) is 161 Å². The summed E-state index contributed by atoms with van der Waals surface area (Å²) in [6.07, 6.45) is 24.0. The first-order chi connectivity index (χ1) is 27.3. The fourth-order valence-corrected chi connectivity index (χ4v) is 14.7. The Kier molecular flexibility index (Phi) is 11.5. The molecule has 0 amide bonds. The first-order valence-corrected chi connectivity index (χ1v) is 23.2. The number of aryl methyl sites for hydroxylation is 1. The Labute approximate surface area is 342 Å². The van der Waals surface area contributed by atoms with E-state index in [1.165, 1.54) is 37.7 Å². The van der Waals surface area contributed by atoms with Gasteiger partial charge in [-0.1, -0.05) is 102 Å². The minimum Gasteiger partial charge on any atom is -0.462 e. The van der Waals surface area contributed by atoms with E-state index in [0.29, 0.717) is 42.9 Å². The van der Waals surface area contributed by atoms with Crippen LogP contribution in [0.2, 0.25) is 0 Å². The summed E-state index contributed by atoms with van der Waals surface area (Å²) in [6.45, 7) is 6.94. The van der Waals surface area contributed by atoms with Gasteiger partial charge in [0.25, 0.3) is 0 Å². The Bertz CT molecular complexity index is 1670. The second-order valence-corrected chi connectivity index (χ2v) is 21.0. The predicted molar refractivity (Wildman–Crippen MR) is 222 cm³/mol. The standard InChI is InChI=1S/C50H72O7/c1-35(13-12-16-36-14-6-4-7-15-36)19-27-48(54)30-29-45(2)33-40(57-44(53)38-17-8-5-9-18-38)43-46(3,39-21-26-47(32-39)23-10-11-24-47)25-22-41(51)50(43,48)49(45,55)28-20-37-31-42(52)56-34-37/h4,6-7,14-15,29-31,35,38-41,43,51,54-55H,5,8-13,16-28,32-34H2,1-3H3/t35-,39+,40-,41-,43?,45-,46+,48-,49-,50+/m1/s1. The molecule has 0 radical (unpaired) electrons. The van der Waals surface area contributed by atoms with Gasteiger partial charge in [0.2, 0.25) is 0 Å². The molecule has 10 atom stereocenters. The average Bonchev–Trinajstić information content (AvgIpc) is 3.97. The van der Waals surface area contributed by atoms with Crippen molar-refractivity contribution in [1.82, 2.24) is 0 Å². The van der Waals surface area contributed by atoms with E-state index < -0.39 is 40.2 Å². The van der Waals surface area contributed by atoms with Gasteiger partial charge in [-0.05, 0) is 137 Å². The molecule has 6 aliphatic carbocycles. The van der Waals surface area contributed by atoms with Crippen molar-refractivity contribution in [2.24, 2.45) is 45.3 Å². The molecule has 1 aliphatic heterocycles. The Morgan fingerprint density at radius 3 is 2.35 bits per heavy atom. The number of aliphatic hydroxyl groups is 3. The van der Waals surface area contributed by atoms with Gasteiger partial charge in [0.1, 0.15) is 12.7 Å². The number of rotatable bonds is 13. The van der Waals surface area contributed by atoms with Crippen molar-refractivity contribution in [3.05, 3.63) is 59.7 Å². The maximum atomic E-state index is 14.4. The van der Waals surface area contributed by atoms with E-state index in [-0.39, 0.29) is 36.3 Å². The molecule has 314 valence electrons. The molecule has 7 heteroatoms. The van der Waals surface area contributed by atoms with Gasteiger partial charge in [-0.2, -0.15) is 0 Å². The number of aliphatic hydroxyl groups excluding tert-OH is 1. The fourth-order valence-electron chi connectivity index (χ4n) is 14.7. The lowest BCUT2D eigenvalue weighted by Crippen LogP contribution is -2.83. The quantitative estimate of drug-likeness (QED) is 0.135. The van der Waals surface area contributed by atoms with Gasteiger partial charge < -0.3 is 24.8 Å². The zero-order valence-electron chi connectivity index (χ0n) is 35.3. The third-order valence-electron chi connectivity index (χ3n) is 17.8. The highest BCUT2D eigenvalue weighted by atomic mass is 16.5. The summed E-state index contributed by atoms with van der Waals surface area (Å²) >= 11 is 0. The molecule has 2 bridgehead atoms. The van der Waals surface area contributed by atoms with Crippen LogP contribution in [0.15, 0.2) is 54.1 Å². The Balaban J connectivity index is 1.21. The number of carbonyl (C=O) groups is 2. The Morgan fingerprint density at radius 1 is 0.877 bits per heavy atom. The SMILES string of the molecule is C[C@H](CCCc1ccccc1)CC[C@@]1(O)C=C[C@]2(C)C[C@@H](OC(=O)C3CCCCC3)C3[C@]1([C@H](O)CC[C@@]3(C)[C@H]1CCC3(CCCC3)C1)[C@@]2(O)CCC1=CC(=O)OC1. The normalized spacial score (nSPS) is 40.5. The second-order valence-electron chi connectivity index (χ2n) is 21.0. The van der Waals surface area contributed by atoms with Crippen molar-refractivity contribution in [2.75, 3.05) is 6.61 Å². The topological polar surface area (TPSA) is 113 Å². The van der Waals surface area contributed by atoms with E-state index in [0.717, 1.165) is 82.6 Å². The molecule has 0 saturated heterocycles. The fraction of sp³-hybridized carbons (Fsp3) is 0.760. The van der Waals surface area contributed by atoms with Crippen molar-refractivity contribution in [1.29, 1.82) is 0 Å². The summed E-state index contributed by atoms with van der Waals surface area (Å²) in [6, 6.07) is 10.6. The van der Waals surface area contributed by atoms with E-state index in [1.54, 1.807) is 6.08 Å². The molecule has 7 aliphatic rings. The highest BCUT2D eigenvalue weighted by molar-refractivity contribution is 5.85. The molecule has 0 aromatic heterocycles. The van der Waals surface area contributed by atoms with Crippen LogP contribution in [0.25, 0.3) is 0 Å². The number of hydrogen-bond donors (Lipinski definition) is 3. The number of esters is 2. The van der Waals surface area contributed by atoms with Crippen LogP contribution in [-0.4, -0.2) is 57.3 Å². The molecule has 1 unspecified atom stereocenters. The summed E-state index contributed by atoms with van der Waals surface area (Å²) in [5, 5.41) is 40.9. The van der Waals surface area contributed by atoms with E-state index >= 15 is 0 Å². The van der Waals surface area contributed by atoms with Gasteiger partial charge in [0, 0.05) is 17.4 Å². The van der Waals surface area contributed by atoms with Gasteiger partial charge in [-0.25, -0.2) is 4.79 Å². The van der Waals surface area contributed by atoms with Gasteiger partial charge in [-0.3, -0.25) is 4.79 Å². The van der Waals surface area contributed by atoms with E-state index in [9.17, 15) is 24.9 Å². The Hall–Kier alpha value is -2.48. The molecule has 1 aromatic carbocycles. The van der Waals surface area contributed by atoms with Gasteiger partial charge in [0.15, 0.2) is 0 Å². The van der Waals surface area contributed by atoms with E-state index in [4.69, 9.17) is 9.47 Å². The lowest BCUT2D eigenvalue weighted by Gasteiger charge is -2.76. The van der Waals surface area contributed by atoms with Crippen LogP contribution in [0.5, 0.6) is 0 Å². The van der Waals surface area contributed by atoms with Crippen molar-refractivity contribution in [3.63, 3.8) is 0 Å². The van der Waals surface area contributed by atoms with Gasteiger partial charge in [-0.15, -0.1) is 0 Å². The summed E-state index contributed by atoms with van der Waals surface area (Å²) in [4.78, 5) is 26.6. The highest BCUT2D eigenvalue weighted by Crippen LogP contribution is 2.76. The molecule has 7 nitrogen and oxygen atoms in total. The molecule has 3 N–H and O–H groups in total. The largest absolute Gasteiger partial charge is 0.462 e. The molecule has 5 saturated carbocycles. The maximum absolute atomic E-state index is 14.4. The van der Waals surface area contributed by atoms with Crippen LogP contribution >= 0.6 is 0 Å². The minimum absolute atomic E-state index is 0.130. The molecule has 2 spiro atoms. The highest BCUT2D eigenvalue weighted by Gasteiger charge is 2.82. The van der Waals surface area contributed by atoms with Crippen LogP contribution in [0.4, 0.5) is 0 Å². The van der Waals surface area contributed by atoms with Crippen LogP contribution in [0.3, 0.4) is 0 Å². The maximum Gasteiger partial charge on any atom is 0.331 e. The van der Waals surface area contributed by atoms with Crippen LogP contribution in [-0.2, 0) is 25.5 Å². The number of hydrogen-bond acceptors (Lipinski definition) is 7. The van der Waals surface area contributed by atoms with Crippen molar-refractivity contribution < 1.29 is 34.4 Å². The number of cyclic esters (lactones) is 1. The summed E-state index contributed by atoms with van der Waals surface area (Å²) in [5.41, 5.74) is -3.30. The first kappa shape index (κ1) is 41.3. The average molecular weight is 785 g/mol. The zero-order valence-corrected chi connectivity index (χ0v) is 35.3. The van der Waals surface area contributed by atoms with Crippen LogP contribution in [0, 0.1) is 45.3 Å². The molecular weight excluding hydrogens is 713 g/mol. The summed E-state index contributed by atoms with van der Waals surface area (Å²) in [5.74, 6) is -0.419. The third kappa shape index (κ3) is 7.09. The lowest BCUT2D eigenvalue weighted by atomic mass is 9.31. The summed E-state index contributed by atoms with van der Waals surface area (Å²) < 4.78 is 12.3. The van der Waals surface area contributed by atoms with Crippen LogP contribution < -0.4 is 0 Å². The van der Waals surface area contributed by atoms with Crippen molar-refractivity contribution >= 4 is 11.9 Å². The number of ether oxygens (including phenoxy) is 2. The monoisotopic (exact) mass is 785 g/mol. The lowest BCUT2D eigenvalue weighted by molar-refractivity contribution is -0.362. The molecule has 1 aromatic rings. The van der Waals surface area contributed by atoms with Gasteiger partial charge >= 0.3 is 11.9 Å². The first-order valence-electron chi connectivity index (χ1n) is 23.2. The molecular formula is C50H72O7. The minimum atomic E-state index is -1.56. The molecule has 57 heavy (non-hydrogen) atoms. The summed E-state index contributed by atoms with van der Waals surface area (Å²) in [7, 11) is 0. The van der Waals surface area contributed by atoms with Crippen molar-refractivity contribution in [2.45, 2.75) is 185 Å². The second kappa shape index (κ2) is 15.8.